The van der Waals surface area contributed by atoms with Gasteiger partial charge in [0.2, 0.25) is 5.91 Å². The fourth-order valence-electron chi connectivity index (χ4n) is 2.69. The van der Waals surface area contributed by atoms with Gasteiger partial charge in [-0.2, -0.15) is 0 Å². The van der Waals surface area contributed by atoms with Crippen LogP contribution in [0.3, 0.4) is 0 Å². The number of nitrogens with zero attached hydrogens (tertiary/aromatic N) is 2. The van der Waals surface area contributed by atoms with E-state index in [2.05, 4.69) is 5.16 Å². The normalized spacial score (nSPS) is 18.3. The highest BCUT2D eigenvalue weighted by Gasteiger charge is 2.31. The Bertz CT molecular complexity index is 436. The molecule has 2 N–H and O–H groups in total. The lowest BCUT2D eigenvalue weighted by molar-refractivity contribution is -0.132. The molecule has 5 nitrogen and oxygen atoms in total. The van der Waals surface area contributed by atoms with Crippen molar-refractivity contribution in [3.05, 3.63) is 17.5 Å². The van der Waals surface area contributed by atoms with Crippen LogP contribution in [0.15, 0.2) is 10.6 Å². The van der Waals surface area contributed by atoms with Crippen molar-refractivity contribution < 1.29 is 9.32 Å². The molecular formula is C14H23N3O2. The van der Waals surface area contributed by atoms with E-state index >= 15 is 0 Å². The van der Waals surface area contributed by atoms with Gasteiger partial charge >= 0.3 is 0 Å². The van der Waals surface area contributed by atoms with E-state index in [4.69, 9.17) is 10.3 Å². The molecule has 2 rings (SSSR count). The summed E-state index contributed by atoms with van der Waals surface area (Å²) < 4.78 is 5.00. The summed E-state index contributed by atoms with van der Waals surface area (Å²) in [6.45, 7) is 2.32. The van der Waals surface area contributed by atoms with Gasteiger partial charge in [-0.15, -0.1) is 0 Å². The van der Waals surface area contributed by atoms with Crippen LogP contribution in [0.1, 0.15) is 50.0 Å². The highest BCUT2D eigenvalue weighted by molar-refractivity contribution is 5.77. The maximum Gasteiger partial charge on any atom is 0.224 e. The molecule has 1 aromatic heterocycles. The Balaban J connectivity index is 1.88. The van der Waals surface area contributed by atoms with E-state index in [-0.39, 0.29) is 11.4 Å². The number of aryl methyl sites for hydroxylation is 1. The molecule has 0 spiro atoms. The van der Waals surface area contributed by atoms with Crippen molar-refractivity contribution >= 4 is 5.91 Å². The first-order chi connectivity index (χ1) is 8.98. The number of aromatic nitrogens is 1. The zero-order chi connectivity index (χ0) is 13.9. The van der Waals surface area contributed by atoms with Gasteiger partial charge in [-0.1, -0.05) is 24.4 Å². The Morgan fingerprint density at radius 1 is 1.47 bits per heavy atom. The molecule has 106 valence electrons. The molecule has 1 aliphatic rings. The summed E-state index contributed by atoms with van der Waals surface area (Å²) in [7, 11) is 1.79. The van der Waals surface area contributed by atoms with Crippen molar-refractivity contribution in [2.45, 2.75) is 57.5 Å². The van der Waals surface area contributed by atoms with Crippen molar-refractivity contribution in [3.63, 3.8) is 0 Å². The molecule has 0 aliphatic heterocycles. The third kappa shape index (κ3) is 3.80. The molecule has 0 radical (unpaired) electrons. The maximum absolute atomic E-state index is 12.2. The molecule has 0 aromatic carbocycles. The molecule has 5 heteroatoms. The molecule has 0 saturated heterocycles. The first-order valence-corrected chi connectivity index (χ1v) is 6.94. The van der Waals surface area contributed by atoms with Crippen LogP contribution in [-0.2, 0) is 11.3 Å². The lowest BCUT2D eigenvalue weighted by atomic mass is 9.80. The average molecular weight is 265 g/mol. The van der Waals surface area contributed by atoms with E-state index in [9.17, 15) is 4.79 Å². The lowest BCUT2D eigenvalue weighted by Gasteiger charge is -2.34. The maximum atomic E-state index is 12.2. The number of carbonyl (C=O) groups is 1. The van der Waals surface area contributed by atoms with Crippen molar-refractivity contribution in [3.8, 4) is 0 Å². The molecule has 0 atom stereocenters. The van der Waals surface area contributed by atoms with Gasteiger partial charge in [0.1, 0.15) is 11.5 Å². The van der Waals surface area contributed by atoms with E-state index in [1.165, 1.54) is 6.42 Å². The van der Waals surface area contributed by atoms with Gasteiger partial charge in [-0.3, -0.25) is 4.79 Å². The van der Waals surface area contributed by atoms with Crippen LogP contribution < -0.4 is 5.73 Å². The highest BCUT2D eigenvalue weighted by atomic mass is 16.5. The molecule has 1 heterocycles. The predicted molar refractivity (Wildman–Crippen MR) is 72.3 cm³/mol. The minimum atomic E-state index is -0.302. The summed E-state index contributed by atoms with van der Waals surface area (Å²) in [6.07, 6.45) is 5.85. The summed E-state index contributed by atoms with van der Waals surface area (Å²) in [5, 5.41) is 3.90. The predicted octanol–water partition coefficient (Wildman–Crippen LogP) is 1.99. The van der Waals surface area contributed by atoms with Crippen LogP contribution in [0.25, 0.3) is 0 Å². The van der Waals surface area contributed by atoms with Gasteiger partial charge in [-0.25, -0.2) is 0 Å². The average Bonchev–Trinajstić information content (AvgIpc) is 2.75. The van der Waals surface area contributed by atoms with E-state index in [1.807, 2.05) is 13.0 Å². The monoisotopic (exact) mass is 265 g/mol. The molecule has 0 unspecified atom stereocenters. The Kier molecular flexibility index (Phi) is 4.24. The van der Waals surface area contributed by atoms with Crippen LogP contribution in [0.5, 0.6) is 0 Å². The molecule has 1 amide bonds. The molecule has 19 heavy (non-hydrogen) atoms. The van der Waals surface area contributed by atoms with Gasteiger partial charge < -0.3 is 15.2 Å². The standard InChI is InChI=1S/C14H23N3O2/c1-11-8-12(16-19-11)10-17(2)13(18)9-14(15)6-4-3-5-7-14/h8H,3-7,9-10,15H2,1-2H3. The lowest BCUT2D eigenvalue weighted by Crippen LogP contribution is -2.46. The highest BCUT2D eigenvalue weighted by Crippen LogP contribution is 2.29. The second-order valence-electron chi connectivity index (χ2n) is 5.78. The summed E-state index contributed by atoms with van der Waals surface area (Å²) >= 11 is 0. The smallest absolute Gasteiger partial charge is 0.224 e. The first kappa shape index (κ1) is 14.1. The van der Waals surface area contributed by atoms with Gasteiger partial charge in [0, 0.05) is 25.1 Å². The molecular weight excluding hydrogens is 242 g/mol. The SMILES string of the molecule is Cc1cc(CN(C)C(=O)CC2(N)CCCCC2)no1. The molecule has 1 saturated carbocycles. The molecule has 1 fully saturated rings. The van der Waals surface area contributed by atoms with Crippen molar-refractivity contribution in [1.29, 1.82) is 0 Å². The van der Waals surface area contributed by atoms with Gasteiger partial charge in [0.25, 0.3) is 0 Å². The zero-order valence-electron chi connectivity index (χ0n) is 11.8. The van der Waals surface area contributed by atoms with Crippen LogP contribution >= 0.6 is 0 Å². The summed E-state index contributed by atoms with van der Waals surface area (Å²) in [4.78, 5) is 13.9. The van der Waals surface area contributed by atoms with E-state index in [0.717, 1.165) is 37.1 Å². The molecule has 1 aliphatic carbocycles. The molecule has 0 bridgehead atoms. The van der Waals surface area contributed by atoms with Gasteiger partial charge in [0.15, 0.2) is 0 Å². The number of rotatable bonds is 4. The number of carbonyl (C=O) groups excluding carboxylic acids is 1. The summed E-state index contributed by atoms with van der Waals surface area (Å²) in [5.74, 6) is 0.850. The second kappa shape index (κ2) is 5.74. The molecule has 1 aromatic rings. The fourth-order valence-corrected chi connectivity index (χ4v) is 2.69. The summed E-state index contributed by atoms with van der Waals surface area (Å²) in [5.41, 5.74) is 6.79. The number of nitrogens with two attached hydrogens (primary N) is 1. The van der Waals surface area contributed by atoms with Gasteiger partial charge in [-0.05, 0) is 19.8 Å². The van der Waals surface area contributed by atoms with E-state index in [0.29, 0.717) is 13.0 Å². The van der Waals surface area contributed by atoms with Crippen LogP contribution in [0.2, 0.25) is 0 Å². The van der Waals surface area contributed by atoms with E-state index in [1.54, 1.807) is 11.9 Å². The van der Waals surface area contributed by atoms with E-state index < -0.39 is 0 Å². The fraction of sp³-hybridized carbons (Fsp3) is 0.714. The third-order valence-corrected chi connectivity index (χ3v) is 3.85. The van der Waals surface area contributed by atoms with Crippen molar-refractivity contribution in [2.24, 2.45) is 5.73 Å². The van der Waals surface area contributed by atoms with Crippen LogP contribution in [-0.4, -0.2) is 28.6 Å². The topological polar surface area (TPSA) is 72.4 Å². The number of hydrogen-bond donors (Lipinski definition) is 1. The van der Waals surface area contributed by atoms with Gasteiger partial charge in [0.05, 0.1) is 6.54 Å². The van der Waals surface area contributed by atoms with Crippen molar-refractivity contribution in [2.75, 3.05) is 7.05 Å². The summed E-state index contributed by atoms with van der Waals surface area (Å²) in [6, 6.07) is 1.85. The minimum Gasteiger partial charge on any atom is -0.361 e. The largest absolute Gasteiger partial charge is 0.361 e. The Hall–Kier alpha value is -1.36. The zero-order valence-corrected chi connectivity index (χ0v) is 11.8. The van der Waals surface area contributed by atoms with Crippen molar-refractivity contribution in [1.82, 2.24) is 10.1 Å². The Labute approximate surface area is 114 Å². The Morgan fingerprint density at radius 3 is 2.74 bits per heavy atom. The third-order valence-electron chi connectivity index (χ3n) is 3.85. The van der Waals surface area contributed by atoms with Crippen LogP contribution in [0, 0.1) is 6.92 Å². The van der Waals surface area contributed by atoms with Crippen LogP contribution in [0.4, 0.5) is 0 Å². The second-order valence-corrected chi connectivity index (χ2v) is 5.78. The first-order valence-electron chi connectivity index (χ1n) is 6.94. The Morgan fingerprint density at radius 2 is 2.16 bits per heavy atom. The number of amides is 1. The quantitative estimate of drug-likeness (QED) is 0.903. The number of hydrogen-bond acceptors (Lipinski definition) is 4. The minimum absolute atomic E-state index is 0.0880.